The van der Waals surface area contributed by atoms with Gasteiger partial charge in [0.15, 0.2) is 6.61 Å². The molecule has 3 rings (SSSR count). The average molecular weight is 610 g/mol. The maximum Gasteiger partial charge on any atom is 0.261 e. The molecule has 0 saturated carbocycles. The molecule has 0 unspecified atom stereocenters. The molecule has 0 fully saturated rings. The number of halogens is 1. The van der Waals surface area contributed by atoms with Crippen LogP contribution in [0.4, 0.5) is 0 Å². The Hall–Kier alpha value is -3.32. The normalized spacial score (nSPS) is 12.4. The average Bonchev–Trinajstić information content (AvgIpc) is 2.89. The number of rotatable bonds is 10. The Morgan fingerprint density at radius 3 is 2.17 bits per heavy atom. The standard InChI is InChI=1S/C33H41BrN2O4/c1-32(2,3)25-16-17-29(27(34)20-25)40-22-30(37)36(21-24-14-11-15-26(18-24)39-7)28(31(38)35-33(4,5)6)19-23-12-9-8-10-13-23/h8-18,20,28H,19,21-22H2,1-7H3,(H,35,38)/t28-/m0/s1. The van der Waals surface area contributed by atoms with Crippen LogP contribution in [0.2, 0.25) is 0 Å². The van der Waals surface area contributed by atoms with Crippen LogP contribution in [0.15, 0.2) is 77.3 Å². The molecule has 40 heavy (non-hydrogen) atoms. The third kappa shape index (κ3) is 9.12. The fourth-order valence-corrected chi connectivity index (χ4v) is 4.77. The topological polar surface area (TPSA) is 67.9 Å². The largest absolute Gasteiger partial charge is 0.497 e. The van der Waals surface area contributed by atoms with Crippen molar-refractivity contribution in [1.82, 2.24) is 10.2 Å². The van der Waals surface area contributed by atoms with E-state index in [1.165, 1.54) is 0 Å². The van der Waals surface area contributed by atoms with Gasteiger partial charge in [-0.1, -0.05) is 69.3 Å². The van der Waals surface area contributed by atoms with Crippen LogP contribution >= 0.6 is 15.9 Å². The summed E-state index contributed by atoms with van der Waals surface area (Å²) in [6.07, 6.45) is 0.364. The van der Waals surface area contributed by atoms with Crippen molar-refractivity contribution in [1.29, 1.82) is 0 Å². The molecule has 0 spiro atoms. The first-order chi connectivity index (χ1) is 18.8. The van der Waals surface area contributed by atoms with Crippen LogP contribution in [-0.4, -0.2) is 42.0 Å². The Labute approximate surface area is 247 Å². The van der Waals surface area contributed by atoms with Gasteiger partial charge in [-0.05, 0) is 83.1 Å². The van der Waals surface area contributed by atoms with Gasteiger partial charge in [0.2, 0.25) is 5.91 Å². The van der Waals surface area contributed by atoms with Crippen molar-refractivity contribution in [3.05, 3.63) is 94.0 Å². The molecule has 0 bridgehead atoms. The van der Waals surface area contributed by atoms with E-state index in [2.05, 4.69) is 42.0 Å². The second kappa shape index (κ2) is 13.4. The fourth-order valence-electron chi connectivity index (χ4n) is 4.28. The molecule has 1 atom stereocenters. The molecule has 214 valence electrons. The zero-order valence-corrected chi connectivity index (χ0v) is 26.2. The summed E-state index contributed by atoms with van der Waals surface area (Å²) < 4.78 is 12.2. The Morgan fingerprint density at radius 1 is 0.900 bits per heavy atom. The first kappa shape index (κ1) is 31.2. The molecule has 0 radical (unpaired) electrons. The number of methoxy groups -OCH3 is 1. The quantitative estimate of drug-likeness (QED) is 0.278. The highest BCUT2D eigenvalue weighted by Crippen LogP contribution is 2.31. The van der Waals surface area contributed by atoms with Crippen molar-refractivity contribution in [3.8, 4) is 11.5 Å². The highest BCUT2D eigenvalue weighted by atomic mass is 79.9. The zero-order chi connectivity index (χ0) is 29.5. The highest BCUT2D eigenvalue weighted by Gasteiger charge is 2.32. The molecular weight excluding hydrogens is 568 g/mol. The zero-order valence-electron chi connectivity index (χ0n) is 24.6. The molecule has 3 aromatic carbocycles. The van der Waals surface area contributed by atoms with Crippen molar-refractivity contribution in [3.63, 3.8) is 0 Å². The van der Waals surface area contributed by atoms with E-state index in [9.17, 15) is 9.59 Å². The maximum atomic E-state index is 13.9. The molecule has 7 heteroatoms. The number of benzene rings is 3. The number of carbonyl (C=O) groups is 2. The summed E-state index contributed by atoms with van der Waals surface area (Å²) in [6.45, 7) is 12.2. The van der Waals surface area contributed by atoms with Crippen LogP contribution < -0.4 is 14.8 Å². The van der Waals surface area contributed by atoms with Gasteiger partial charge in [0, 0.05) is 18.5 Å². The predicted molar refractivity (Wildman–Crippen MR) is 164 cm³/mol. The maximum absolute atomic E-state index is 13.9. The van der Waals surface area contributed by atoms with E-state index >= 15 is 0 Å². The Balaban J connectivity index is 1.95. The summed E-state index contributed by atoms with van der Waals surface area (Å²) in [5.74, 6) is 0.743. The van der Waals surface area contributed by atoms with Crippen molar-refractivity contribution < 1.29 is 19.1 Å². The lowest BCUT2D eigenvalue weighted by Gasteiger charge is -2.34. The lowest BCUT2D eigenvalue weighted by molar-refractivity contribution is -0.143. The molecule has 3 aromatic rings. The summed E-state index contributed by atoms with van der Waals surface area (Å²) in [5.41, 5.74) is 2.48. The van der Waals surface area contributed by atoms with E-state index < -0.39 is 11.6 Å². The first-order valence-electron chi connectivity index (χ1n) is 13.5. The van der Waals surface area contributed by atoms with Gasteiger partial charge in [0.1, 0.15) is 17.5 Å². The molecule has 6 nitrogen and oxygen atoms in total. The summed E-state index contributed by atoms with van der Waals surface area (Å²) in [6, 6.07) is 22.4. The number of ether oxygens (including phenoxy) is 2. The van der Waals surface area contributed by atoms with Gasteiger partial charge < -0.3 is 19.7 Å². The van der Waals surface area contributed by atoms with Crippen molar-refractivity contribution in [2.45, 2.75) is 71.5 Å². The Morgan fingerprint density at radius 2 is 1.57 bits per heavy atom. The first-order valence-corrected chi connectivity index (χ1v) is 14.3. The van der Waals surface area contributed by atoms with E-state index in [0.29, 0.717) is 17.9 Å². The van der Waals surface area contributed by atoms with Gasteiger partial charge in [0.05, 0.1) is 11.6 Å². The molecular formula is C33H41BrN2O4. The van der Waals surface area contributed by atoms with E-state index in [-0.39, 0.29) is 30.4 Å². The van der Waals surface area contributed by atoms with Gasteiger partial charge >= 0.3 is 0 Å². The minimum Gasteiger partial charge on any atom is -0.497 e. The van der Waals surface area contributed by atoms with E-state index in [0.717, 1.165) is 21.2 Å². The lowest BCUT2D eigenvalue weighted by Crippen LogP contribution is -2.55. The Bertz CT molecular complexity index is 1300. The second-order valence-corrected chi connectivity index (χ2v) is 12.9. The molecule has 0 aromatic heterocycles. The van der Waals surface area contributed by atoms with Crippen LogP contribution in [0.1, 0.15) is 58.2 Å². The summed E-state index contributed by atoms with van der Waals surface area (Å²) in [7, 11) is 1.60. The van der Waals surface area contributed by atoms with E-state index in [1.54, 1.807) is 12.0 Å². The molecule has 0 saturated heterocycles. The number of hydrogen-bond acceptors (Lipinski definition) is 4. The summed E-state index contributed by atoms with van der Waals surface area (Å²) in [4.78, 5) is 29.2. The van der Waals surface area contributed by atoms with Crippen LogP contribution in [0.5, 0.6) is 11.5 Å². The third-order valence-electron chi connectivity index (χ3n) is 6.41. The highest BCUT2D eigenvalue weighted by molar-refractivity contribution is 9.10. The minimum absolute atomic E-state index is 0.0184. The third-order valence-corrected chi connectivity index (χ3v) is 7.03. The molecule has 0 aliphatic carbocycles. The van der Waals surface area contributed by atoms with Crippen molar-refractivity contribution in [2.75, 3.05) is 13.7 Å². The Kier molecular flexibility index (Phi) is 10.4. The molecule has 0 aliphatic heterocycles. The van der Waals surface area contributed by atoms with Gasteiger partial charge in [0.25, 0.3) is 5.91 Å². The predicted octanol–water partition coefficient (Wildman–Crippen LogP) is 6.69. The SMILES string of the molecule is COc1cccc(CN(C(=O)COc2ccc(C(C)(C)C)cc2Br)[C@@H](Cc2ccccc2)C(=O)NC(C)(C)C)c1. The second-order valence-electron chi connectivity index (χ2n) is 12.0. The van der Waals surface area contributed by atoms with Crippen molar-refractivity contribution in [2.24, 2.45) is 0 Å². The number of amides is 2. The smallest absolute Gasteiger partial charge is 0.261 e. The number of hydrogen-bond donors (Lipinski definition) is 1. The minimum atomic E-state index is -0.754. The van der Waals surface area contributed by atoms with Gasteiger partial charge in [-0.2, -0.15) is 0 Å². The van der Waals surface area contributed by atoms with E-state index in [1.807, 2.05) is 93.6 Å². The molecule has 2 amide bonds. The summed E-state index contributed by atoms with van der Waals surface area (Å²) >= 11 is 3.60. The van der Waals surface area contributed by atoms with Crippen LogP contribution in [0.25, 0.3) is 0 Å². The van der Waals surface area contributed by atoms with Crippen LogP contribution in [-0.2, 0) is 28.0 Å². The fraction of sp³-hybridized carbons (Fsp3) is 0.394. The monoisotopic (exact) mass is 608 g/mol. The number of nitrogens with zero attached hydrogens (tertiary/aromatic N) is 1. The number of carbonyl (C=O) groups excluding carboxylic acids is 2. The van der Waals surface area contributed by atoms with Crippen molar-refractivity contribution >= 4 is 27.7 Å². The molecule has 1 N–H and O–H groups in total. The van der Waals surface area contributed by atoms with Gasteiger partial charge in [-0.15, -0.1) is 0 Å². The number of nitrogens with one attached hydrogen (secondary N) is 1. The van der Waals surface area contributed by atoms with E-state index in [4.69, 9.17) is 9.47 Å². The summed E-state index contributed by atoms with van der Waals surface area (Å²) in [5, 5.41) is 3.08. The van der Waals surface area contributed by atoms with Gasteiger partial charge in [-0.3, -0.25) is 9.59 Å². The molecule has 0 heterocycles. The van der Waals surface area contributed by atoms with Gasteiger partial charge in [-0.25, -0.2) is 0 Å². The van der Waals surface area contributed by atoms with Crippen LogP contribution in [0, 0.1) is 0 Å². The lowest BCUT2D eigenvalue weighted by atomic mass is 9.87. The molecule has 0 aliphatic rings. The van der Waals surface area contributed by atoms with Crippen LogP contribution in [0.3, 0.4) is 0 Å².